The molecular weight excluding hydrogens is 266 g/mol. The highest BCUT2D eigenvalue weighted by Crippen LogP contribution is 2.17. The van der Waals surface area contributed by atoms with Gasteiger partial charge in [0, 0.05) is 12.6 Å². The molecule has 2 aromatic rings. The van der Waals surface area contributed by atoms with Gasteiger partial charge in [0.05, 0.1) is 5.56 Å². The summed E-state index contributed by atoms with van der Waals surface area (Å²) in [6.07, 6.45) is 3.06. The van der Waals surface area contributed by atoms with Crippen LogP contribution in [0.1, 0.15) is 22.8 Å². The van der Waals surface area contributed by atoms with Crippen molar-refractivity contribution in [3.8, 4) is 5.75 Å². The average molecular weight is 281 g/mol. The molecule has 4 nitrogen and oxygen atoms in total. The number of hydrogen-bond acceptors (Lipinski definition) is 3. The number of nitrogens with one attached hydrogen (secondary N) is 1. The first kappa shape index (κ1) is 14.5. The highest BCUT2D eigenvalue weighted by atomic mass is 16.3. The van der Waals surface area contributed by atoms with Crippen LogP contribution in [0.25, 0.3) is 6.08 Å². The van der Waals surface area contributed by atoms with Gasteiger partial charge in [-0.15, -0.1) is 0 Å². The van der Waals surface area contributed by atoms with E-state index in [0.29, 0.717) is 5.69 Å². The second-order valence-corrected chi connectivity index (χ2v) is 4.52. The lowest BCUT2D eigenvalue weighted by molar-refractivity contribution is -0.114. The first-order valence-electron chi connectivity index (χ1n) is 6.44. The van der Waals surface area contributed by atoms with Gasteiger partial charge in [-0.1, -0.05) is 30.3 Å². The highest BCUT2D eigenvalue weighted by molar-refractivity contribution is 6.08. The number of ketones is 1. The van der Waals surface area contributed by atoms with Crippen LogP contribution in [0.4, 0.5) is 5.69 Å². The predicted molar refractivity (Wildman–Crippen MR) is 82.2 cm³/mol. The van der Waals surface area contributed by atoms with Crippen molar-refractivity contribution in [3.63, 3.8) is 0 Å². The minimum absolute atomic E-state index is 0.0341. The maximum atomic E-state index is 11.9. The topological polar surface area (TPSA) is 66.4 Å². The van der Waals surface area contributed by atoms with Crippen LogP contribution in [-0.4, -0.2) is 16.8 Å². The maximum absolute atomic E-state index is 11.9. The van der Waals surface area contributed by atoms with Crippen molar-refractivity contribution >= 4 is 23.5 Å². The molecule has 2 rings (SSSR count). The number of phenolic OH excluding ortho intramolecular Hbond substituents is 1. The summed E-state index contributed by atoms with van der Waals surface area (Å²) in [4.78, 5) is 22.9. The molecule has 0 spiro atoms. The molecule has 0 heterocycles. The molecule has 0 aliphatic heterocycles. The second kappa shape index (κ2) is 6.52. The van der Waals surface area contributed by atoms with Crippen molar-refractivity contribution in [3.05, 3.63) is 65.7 Å². The number of rotatable bonds is 4. The number of allylic oxidation sites excluding steroid dienone is 1. The van der Waals surface area contributed by atoms with Crippen molar-refractivity contribution in [2.45, 2.75) is 6.92 Å². The van der Waals surface area contributed by atoms with Gasteiger partial charge in [-0.2, -0.15) is 0 Å². The Balaban J connectivity index is 2.09. The van der Waals surface area contributed by atoms with Crippen LogP contribution in [0.2, 0.25) is 0 Å². The van der Waals surface area contributed by atoms with Gasteiger partial charge in [-0.25, -0.2) is 0 Å². The van der Waals surface area contributed by atoms with Crippen molar-refractivity contribution in [2.24, 2.45) is 0 Å². The first-order valence-corrected chi connectivity index (χ1v) is 6.44. The number of amides is 1. The number of para-hydroxylation sites is 1. The van der Waals surface area contributed by atoms with Gasteiger partial charge in [0.25, 0.3) is 0 Å². The zero-order valence-corrected chi connectivity index (χ0v) is 11.5. The molecule has 0 bridgehead atoms. The van der Waals surface area contributed by atoms with Crippen LogP contribution in [0.5, 0.6) is 5.75 Å². The molecule has 21 heavy (non-hydrogen) atoms. The number of carbonyl (C=O) groups excluding carboxylic acids is 2. The molecule has 0 saturated carbocycles. The molecule has 2 N–H and O–H groups in total. The highest BCUT2D eigenvalue weighted by Gasteiger charge is 2.06. The van der Waals surface area contributed by atoms with Crippen LogP contribution in [0.3, 0.4) is 0 Å². The van der Waals surface area contributed by atoms with Crippen molar-refractivity contribution in [1.82, 2.24) is 0 Å². The molecular formula is C17H15NO3. The molecule has 0 unspecified atom stereocenters. The van der Waals surface area contributed by atoms with Gasteiger partial charge in [-0.05, 0) is 35.9 Å². The van der Waals surface area contributed by atoms with E-state index in [1.807, 2.05) is 0 Å². The molecule has 0 aliphatic carbocycles. The Kier molecular flexibility index (Phi) is 4.51. The quantitative estimate of drug-likeness (QED) is 0.668. The Labute approximate surface area is 122 Å². The van der Waals surface area contributed by atoms with Crippen molar-refractivity contribution in [1.29, 1.82) is 0 Å². The summed E-state index contributed by atoms with van der Waals surface area (Å²) in [5, 5.41) is 12.3. The number of hydrogen-bond donors (Lipinski definition) is 2. The van der Waals surface area contributed by atoms with E-state index in [-0.39, 0.29) is 23.0 Å². The predicted octanol–water partition coefficient (Wildman–Crippen LogP) is 3.25. The van der Waals surface area contributed by atoms with E-state index in [1.165, 1.54) is 19.1 Å². The largest absolute Gasteiger partial charge is 0.507 e. The molecule has 0 aromatic heterocycles. The fraction of sp³-hybridized carbons (Fsp3) is 0.0588. The molecule has 0 aliphatic rings. The minimum atomic E-state index is -0.265. The third-order valence-corrected chi connectivity index (χ3v) is 2.83. The van der Waals surface area contributed by atoms with E-state index in [4.69, 9.17) is 0 Å². The Hall–Kier alpha value is -2.88. The monoisotopic (exact) mass is 281 g/mol. The lowest BCUT2D eigenvalue weighted by Crippen LogP contribution is -2.05. The molecule has 106 valence electrons. The van der Waals surface area contributed by atoms with Crippen LogP contribution >= 0.6 is 0 Å². The van der Waals surface area contributed by atoms with Gasteiger partial charge >= 0.3 is 0 Å². The Morgan fingerprint density at radius 1 is 1.05 bits per heavy atom. The lowest BCUT2D eigenvalue weighted by atomic mass is 10.1. The normalized spacial score (nSPS) is 10.5. The van der Waals surface area contributed by atoms with E-state index in [1.54, 1.807) is 48.5 Å². The van der Waals surface area contributed by atoms with E-state index in [0.717, 1.165) is 5.56 Å². The summed E-state index contributed by atoms with van der Waals surface area (Å²) in [5.41, 5.74) is 1.79. The third-order valence-electron chi connectivity index (χ3n) is 2.83. The third kappa shape index (κ3) is 4.04. The molecule has 4 heteroatoms. The molecule has 0 fully saturated rings. The van der Waals surface area contributed by atoms with Crippen LogP contribution in [0, 0.1) is 0 Å². The zero-order chi connectivity index (χ0) is 15.2. The minimum Gasteiger partial charge on any atom is -0.507 e. The summed E-state index contributed by atoms with van der Waals surface area (Å²) < 4.78 is 0. The molecule has 0 saturated heterocycles. The number of phenols is 1. The molecule has 1 amide bonds. The fourth-order valence-corrected chi connectivity index (χ4v) is 1.82. The van der Waals surface area contributed by atoms with Gasteiger partial charge in [0.15, 0.2) is 5.78 Å². The Morgan fingerprint density at radius 2 is 1.71 bits per heavy atom. The molecule has 0 radical (unpaired) electrons. The number of anilines is 1. The smallest absolute Gasteiger partial charge is 0.221 e. The van der Waals surface area contributed by atoms with Crippen LogP contribution in [-0.2, 0) is 4.79 Å². The fourth-order valence-electron chi connectivity index (χ4n) is 1.82. The van der Waals surface area contributed by atoms with Gasteiger partial charge in [-0.3, -0.25) is 9.59 Å². The SMILES string of the molecule is CC(=O)Nc1ccc(/C=C/C(=O)c2ccccc2O)cc1. The summed E-state index contributed by atoms with van der Waals surface area (Å²) in [6.45, 7) is 1.44. The Morgan fingerprint density at radius 3 is 2.33 bits per heavy atom. The second-order valence-electron chi connectivity index (χ2n) is 4.52. The number of carbonyl (C=O) groups is 2. The van der Waals surface area contributed by atoms with Gasteiger partial charge < -0.3 is 10.4 Å². The van der Waals surface area contributed by atoms with Gasteiger partial charge in [0.2, 0.25) is 5.91 Å². The van der Waals surface area contributed by atoms with E-state index < -0.39 is 0 Å². The zero-order valence-electron chi connectivity index (χ0n) is 11.5. The van der Waals surface area contributed by atoms with Crippen LogP contribution < -0.4 is 5.32 Å². The van der Waals surface area contributed by atoms with Crippen molar-refractivity contribution in [2.75, 3.05) is 5.32 Å². The molecule has 2 aromatic carbocycles. The number of aromatic hydroxyl groups is 1. The summed E-state index contributed by atoms with van der Waals surface area (Å²) in [5.74, 6) is -0.430. The van der Waals surface area contributed by atoms with Crippen molar-refractivity contribution < 1.29 is 14.7 Å². The summed E-state index contributed by atoms with van der Waals surface area (Å²) in [6, 6.07) is 13.5. The Bertz CT molecular complexity index is 687. The summed E-state index contributed by atoms with van der Waals surface area (Å²) in [7, 11) is 0. The van der Waals surface area contributed by atoms with E-state index in [2.05, 4.69) is 5.32 Å². The molecule has 0 atom stereocenters. The lowest BCUT2D eigenvalue weighted by Gasteiger charge is -2.02. The van der Waals surface area contributed by atoms with E-state index >= 15 is 0 Å². The van der Waals surface area contributed by atoms with Gasteiger partial charge in [0.1, 0.15) is 5.75 Å². The summed E-state index contributed by atoms with van der Waals surface area (Å²) >= 11 is 0. The average Bonchev–Trinajstić information content (AvgIpc) is 2.46. The maximum Gasteiger partial charge on any atom is 0.221 e. The standard InChI is InChI=1S/C17H15NO3/c1-12(19)18-14-9-6-13(7-10-14)8-11-17(21)15-4-2-3-5-16(15)20/h2-11,20H,1H3,(H,18,19)/b11-8+. The first-order chi connectivity index (χ1) is 10.1. The number of benzene rings is 2. The van der Waals surface area contributed by atoms with E-state index in [9.17, 15) is 14.7 Å². The van der Waals surface area contributed by atoms with Crippen LogP contribution in [0.15, 0.2) is 54.6 Å².